The van der Waals surface area contributed by atoms with E-state index < -0.39 is 17.4 Å². The third kappa shape index (κ3) is 7.04. The summed E-state index contributed by atoms with van der Waals surface area (Å²) in [4.78, 5) is 42.4. The van der Waals surface area contributed by atoms with Gasteiger partial charge >= 0.3 is 5.97 Å². The highest BCUT2D eigenvalue weighted by molar-refractivity contribution is 5.99. The van der Waals surface area contributed by atoms with E-state index in [2.05, 4.69) is 4.98 Å². The molecular formula is C29H33ClFN3O5. The second kappa shape index (κ2) is 12.4. The average Bonchev–Trinajstić information content (AvgIpc) is 3.14. The summed E-state index contributed by atoms with van der Waals surface area (Å²) in [5.41, 5.74) is 9.10. The number of esters is 1. The first-order chi connectivity index (χ1) is 18.1. The van der Waals surface area contributed by atoms with Crippen molar-refractivity contribution in [3.63, 3.8) is 0 Å². The molecule has 0 saturated heterocycles. The highest BCUT2D eigenvalue weighted by Crippen LogP contribution is 2.39. The van der Waals surface area contributed by atoms with Crippen molar-refractivity contribution in [3.05, 3.63) is 93.2 Å². The van der Waals surface area contributed by atoms with Gasteiger partial charge in [-0.15, -0.1) is 12.4 Å². The third-order valence-corrected chi connectivity index (χ3v) is 6.55. The molecule has 4 rings (SSSR count). The van der Waals surface area contributed by atoms with Gasteiger partial charge in [0.1, 0.15) is 11.6 Å². The summed E-state index contributed by atoms with van der Waals surface area (Å²) >= 11 is 0. The topological polar surface area (TPSA) is 115 Å². The standard InChI is InChI=1S/C29H32FN3O5.ClH/c1-4-37-25(34)16-38-22-11-7-19(8-12-22)14-23(31)28(36)33-17-29(2,3)26-24(33)15-20(27(35)32-26)13-18-5-9-21(30)10-6-18;/h5-12,15,23H,4,13-14,16-17,31H2,1-3H3,(H,32,35);1H/t23-;/m0./s1. The quantitative estimate of drug-likeness (QED) is 0.388. The van der Waals surface area contributed by atoms with E-state index in [0.717, 1.165) is 11.1 Å². The van der Waals surface area contributed by atoms with Crippen LogP contribution in [0.3, 0.4) is 0 Å². The lowest BCUT2D eigenvalue weighted by atomic mass is 9.91. The lowest BCUT2D eigenvalue weighted by molar-refractivity contribution is -0.145. The predicted molar refractivity (Wildman–Crippen MR) is 149 cm³/mol. The van der Waals surface area contributed by atoms with Crippen molar-refractivity contribution < 1.29 is 23.5 Å². The fourth-order valence-corrected chi connectivity index (χ4v) is 4.61. The molecule has 0 aliphatic carbocycles. The Bertz CT molecular complexity index is 1370. The number of aromatic nitrogens is 1. The van der Waals surface area contributed by atoms with Crippen LogP contribution in [-0.2, 0) is 32.6 Å². The predicted octanol–water partition coefficient (Wildman–Crippen LogP) is 3.66. The molecule has 0 bridgehead atoms. The van der Waals surface area contributed by atoms with E-state index in [9.17, 15) is 18.8 Å². The summed E-state index contributed by atoms with van der Waals surface area (Å²) in [7, 11) is 0. The van der Waals surface area contributed by atoms with Crippen LogP contribution in [0, 0.1) is 5.82 Å². The highest BCUT2D eigenvalue weighted by atomic mass is 35.5. The van der Waals surface area contributed by atoms with Crippen LogP contribution in [0.15, 0.2) is 59.4 Å². The maximum atomic E-state index is 13.5. The number of nitrogens with two attached hydrogens (primary N) is 1. The third-order valence-electron chi connectivity index (χ3n) is 6.55. The second-order valence-electron chi connectivity index (χ2n) is 10.0. The van der Waals surface area contributed by atoms with Crippen LogP contribution in [0.25, 0.3) is 0 Å². The molecule has 1 amide bonds. The molecule has 0 spiro atoms. The van der Waals surface area contributed by atoms with Crippen molar-refractivity contribution in [2.24, 2.45) is 5.73 Å². The van der Waals surface area contributed by atoms with Crippen LogP contribution >= 0.6 is 12.4 Å². The molecule has 208 valence electrons. The molecule has 0 fully saturated rings. The van der Waals surface area contributed by atoms with Gasteiger partial charge in [0.05, 0.1) is 18.3 Å². The number of nitrogens with one attached hydrogen (secondary N) is 1. The van der Waals surface area contributed by atoms with Crippen molar-refractivity contribution in [3.8, 4) is 5.75 Å². The minimum Gasteiger partial charge on any atom is -0.482 e. The normalized spacial score (nSPS) is 14.2. The Morgan fingerprint density at radius 3 is 2.38 bits per heavy atom. The zero-order chi connectivity index (χ0) is 27.4. The minimum atomic E-state index is -0.810. The summed E-state index contributed by atoms with van der Waals surface area (Å²) in [5.74, 6) is -0.531. The van der Waals surface area contributed by atoms with E-state index in [4.69, 9.17) is 15.2 Å². The van der Waals surface area contributed by atoms with Crippen molar-refractivity contribution in [2.45, 2.75) is 45.1 Å². The summed E-state index contributed by atoms with van der Waals surface area (Å²) in [6, 6.07) is 13.9. The summed E-state index contributed by atoms with van der Waals surface area (Å²) < 4.78 is 23.6. The second-order valence-corrected chi connectivity index (χ2v) is 10.0. The Morgan fingerprint density at radius 1 is 1.10 bits per heavy atom. The molecule has 1 atom stereocenters. The van der Waals surface area contributed by atoms with Gasteiger partial charge in [-0.25, -0.2) is 9.18 Å². The summed E-state index contributed by atoms with van der Waals surface area (Å²) in [6.45, 7) is 6.15. The van der Waals surface area contributed by atoms with E-state index in [1.807, 2.05) is 13.8 Å². The largest absolute Gasteiger partial charge is 0.482 e. The SMILES string of the molecule is CCOC(=O)COc1ccc(C[C@H](N)C(=O)N2CC(C)(C)c3[nH]c(=O)c(Cc4ccc(F)cc4)cc32)cc1.Cl. The fraction of sp³-hybridized carbons (Fsp3) is 0.345. The first-order valence-electron chi connectivity index (χ1n) is 12.5. The summed E-state index contributed by atoms with van der Waals surface area (Å²) in [5, 5.41) is 0. The van der Waals surface area contributed by atoms with Crippen LogP contribution in [0.4, 0.5) is 10.1 Å². The Morgan fingerprint density at radius 2 is 1.74 bits per heavy atom. The molecule has 2 aromatic carbocycles. The number of benzene rings is 2. The van der Waals surface area contributed by atoms with Crippen LogP contribution < -0.4 is 20.9 Å². The first-order valence-corrected chi connectivity index (χ1v) is 12.5. The number of pyridine rings is 1. The van der Waals surface area contributed by atoms with E-state index in [-0.39, 0.29) is 42.9 Å². The fourth-order valence-electron chi connectivity index (χ4n) is 4.61. The zero-order valence-electron chi connectivity index (χ0n) is 22.2. The van der Waals surface area contributed by atoms with Gasteiger partial charge in [-0.1, -0.05) is 38.1 Å². The number of carbonyl (C=O) groups is 2. The number of carbonyl (C=O) groups excluding carboxylic acids is 2. The van der Waals surface area contributed by atoms with Crippen molar-refractivity contribution in [2.75, 3.05) is 24.7 Å². The number of H-pyrrole nitrogens is 1. The van der Waals surface area contributed by atoms with Gasteiger partial charge in [0.25, 0.3) is 5.56 Å². The summed E-state index contributed by atoms with van der Waals surface area (Å²) in [6.07, 6.45) is 0.608. The van der Waals surface area contributed by atoms with Crippen LogP contribution in [0.5, 0.6) is 5.75 Å². The molecule has 1 aliphatic rings. The number of ether oxygens (including phenoxy) is 2. The molecule has 1 aliphatic heterocycles. The van der Waals surface area contributed by atoms with Crippen LogP contribution in [-0.4, -0.2) is 42.7 Å². The molecule has 2 heterocycles. The minimum absolute atomic E-state index is 0. The molecular weight excluding hydrogens is 525 g/mol. The van der Waals surface area contributed by atoms with Gasteiger partial charge in [0.15, 0.2) is 6.61 Å². The number of hydrogen-bond donors (Lipinski definition) is 2. The average molecular weight is 558 g/mol. The molecule has 3 N–H and O–H groups in total. The molecule has 0 unspecified atom stereocenters. The van der Waals surface area contributed by atoms with Gasteiger partial charge in [-0.3, -0.25) is 9.59 Å². The lowest BCUT2D eigenvalue weighted by Gasteiger charge is -2.23. The maximum absolute atomic E-state index is 13.5. The van der Waals surface area contributed by atoms with Gasteiger partial charge in [-0.2, -0.15) is 0 Å². The smallest absolute Gasteiger partial charge is 0.344 e. The highest BCUT2D eigenvalue weighted by Gasteiger charge is 2.40. The van der Waals surface area contributed by atoms with E-state index in [1.54, 1.807) is 54.3 Å². The molecule has 0 saturated carbocycles. The van der Waals surface area contributed by atoms with Gasteiger partial charge < -0.3 is 25.1 Å². The number of hydrogen-bond acceptors (Lipinski definition) is 6. The Balaban J connectivity index is 0.00000420. The molecule has 3 aromatic rings. The molecule has 1 aromatic heterocycles. The first kappa shape index (κ1) is 29.9. The Labute approximate surface area is 232 Å². The number of amides is 1. The van der Waals surface area contributed by atoms with E-state index in [1.165, 1.54) is 12.1 Å². The van der Waals surface area contributed by atoms with Crippen LogP contribution in [0.2, 0.25) is 0 Å². The number of nitrogens with zero attached hydrogens (tertiary/aromatic N) is 1. The lowest BCUT2D eigenvalue weighted by Crippen LogP contribution is -2.46. The number of aromatic amines is 1. The van der Waals surface area contributed by atoms with Crippen LogP contribution in [0.1, 0.15) is 43.2 Å². The van der Waals surface area contributed by atoms with Crippen molar-refractivity contribution >= 4 is 30.0 Å². The van der Waals surface area contributed by atoms with Gasteiger partial charge in [0.2, 0.25) is 5.91 Å². The van der Waals surface area contributed by atoms with Gasteiger partial charge in [-0.05, 0) is 54.8 Å². The number of fused-ring (bicyclic) bond motifs is 1. The van der Waals surface area contributed by atoms with Gasteiger partial charge in [0, 0.05) is 29.6 Å². The number of anilines is 1. The van der Waals surface area contributed by atoms with Crippen molar-refractivity contribution in [1.82, 2.24) is 4.98 Å². The zero-order valence-corrected chi connectivity index (χ0v) is 23.0. The Kier molecular flexibility index (Phi) is 9.53. The number of halogens is 2. The monoisotopic (exact) mass is 557 g/mol. The van der Waals surface area contributed by atoms with E-state index >= 15 is 0 Å². The number of rotatable bonds is 9. The van der Waals surface area contributed by atoms with E-state index in [0.29, 0.717) is 42.1 Å². The molecule has 8 nitrogen and oxygen atoms in total. The maximum Gasteiger partial charge on any atom is 0.344 e. The molecule has 10 heteroatoms. The van der Waals surface area contributed by atoms with Crippen molar-refractivity contribution in [1.29, 1.82) is 0 Å². The Hall–Kier alpha value is -3.69. The molecule has 0 radical (unpaired) electrons. The molecule has 39 heavy (non-hydrogen) atoms.